The number of aliphatic hydroxyl groups excluding tert-OH is 1. The summed E-state index contributed by atoms with van der Waals surface area (Å²) in [6, 6.07) is 15.3. The number of nitrogens with zero attached hydrogens (tertiary/aromatic N) is 1. The summed E-state index contributed by atoms with van der Waals surface area (Å²) >= 11 is 7.93. The summed E-state index contributed by atoms with van der Waals surface area (Å²) in [5, 5.41) is 16.6. The van der Waals surface area contributed by atoms with Gasteiger partial charge < -0.3 is 20.6 Å². The first kappa shape index (κ1) is 26.1. The molecule has 37 heavy (non-hydrogen) atoms. The normalized spacial score (nSPS) is 30.8. The third-order valence-corrected chi connectivity index (χ3v) is 10.6. The van der Waals surface area contributed by atoms with Crippen molar-refractivity contribution in [2.75, 3.05) is 11.9 Å². The van der Waals surface area contributed by atoms with E-state index in [0.29, 0.717) is 30.1 Å². The fourth-order valence-corrected chi connectivity index (χ4v) is 9.06. The molecule has 2 unspecified atom stereocenters. The second-order valence-corrected chi connectivity index (χ2v) is 12.7. The Hall–Kier alpha value is -2.55. The molecular weight excluding hydrogens is 510 g/mol. The van der Waals surface area contributed by atoms with Crippen LogP contribution in [-0.4, -0.2) is 55.9 Å². The predicted octanol–water partition coefficient (Wildman–Crippen LogP) is 3.85. The van der Waals surface area contributed by atoms with Crippen LogP contribution in [0.25, 0.3) is 0 Å². The number of likely N-dealkylation sites (tertiary alicyclic amines) is 1. The van der Waals surface area contributed by atoms with Gasteiger partial charge in [-0.3, -0.25) is 14.4 Å². The summed E-state index contributed by atoms with van der Waals surface area (Å²) in [5.74, 6) is -1.94. The van der Waals surface area contributed by atoms with E-state index in [4.69, 9.17) is 11.6 Å². The Labute approximate surface area is 226 Å². The Morgan fingerprint density at radius 2 is 1.84 bits per heavy atom. The van der Waals surface area contributed by atoms with Crippen LogP contribution in [-0.2, 0) is 20.9 Å². The van der Waals surface area contributed by atoms with Gasteiger partial charge in [0.15, 0.2) is 0 Å². The van der Waals surface area contributed by atoms with Gasteiger partial charge in [-0.15, -0.1) is 11.8 Å². The van der Waals surface area contributed by atoms with Gasteiger partial charge in [0, 0.05) is 11.3 Å². The SMILES string of the molecule is CC[C@@H](CO)N1C(=O)[C@@H]2[C@@H](C(=O)NCc3ccccc3)[C@@]3(C)CCC2(S3)C1C(=O)Nc1ccccc1Cl. The topological polar surface area (TPSA) is 98.7 Å². The van der Waals surface area contributed by atoms with Crippen molar-refractivity contribution < 1.29 is 19.5 Å². The second-order valence-electron chi connectivity index (χ2n) is 10.4. The highest BCUT2D eigenvalue weighted by atomic mass is 35.5. The van der Waals surface area contributed by atoms with E-state index in [1.54, 1.807) is 40.9 Å². The van der Waals surface area contributed by atoms with E-state index in [1.165, 1.54) is 0 Å². The van der Waals surface area contributed by atoms with Crippen LogP contribution in [0.2, 0.25) is 5.02 Å². The quantitative estimate of drug-likeness (QED) is 0.471. The largest absolute Gasteiger partial charge is 0.394 e. The van der Waals surface area contributed by atoms with Crippen LogP contribution in [0.4, 0.5) is 5.69 Å². The molecule has 6 atom stereocenters. The molecule has 2 bridgehead atoms. The number of benzene rings is 2. The molecule has 2 aromatic rings. The van der Waals surface area contributed by atoms with E-state index < -0.39 is 33.4 Å². The molecule has 0 aliphatic carbocycles. The first-order valence-corrected chi connectivity index (χ1v) is 14.0. The number of carbonyl (C=O) groups excluding carboxylic acids is 3. The summed E-state index contributed by atoms with van der Waals surface area (Å²) < 4.78 is -1.22. The number of halogens is 1. The highest BCUT2D eigenvalue weighted by Crippen LogP contribution is 2.71. The van der Waals surface area contributed by atoms with Gasteiger partial charge >= 0.3 is 0 Å². The number of aliphatic hydroxyl groups is 1. The lowest BCUT2D eigenvalue weighted by Gasteiger charge is -2.36. The molecule has 9 heteroatoms. The van der Waals surface area contributed by atoms with Gasteiger partial charge in [-0.1, -0.05) is 61.0 Å². The number of thioether (sulfide) groups is 1. The molecule has 7 nitrogen and oxygen atoms in total. The fraction of sp³-hybridized carbons (Fsp3) is 0.464. The van der Waals surface area contributed by atoms with Crippen LogP contribution < -0.4 is 10.6 Å². The van der Waals surface area contributed by atoms with Crippen LogP contribution in [0.5, 0.6) is 0 Å². The maximum Gasteiger partial charge on any atom is 0.248 e. The molecule has 196 valence electrons. The van der Waals surface area contributed by atoms with Crippen LogP contribution in [0.3, 0.4) is 0 Å². The first-order chi connectivity index (χ1) is 17.8. The molecule has 0 radical (unpaired) electrons. The molecule has 0 aromatic heterocycles. The minimum absolute atomic E-state index is 0.164. The molecule has 3 N–H and O–H groups in total. The van der Waals surface area contributed by atoms with Crippen molar-refractivity contribution >= 4 is 46.8 Å². The van der Waals surface area contributed by atoms with Crippen LogP contribution >= 0.6 is 23.4 Å². The van der Waals surface area contributed by atoms with Crippen molar-refractivity contribution in [3.05, 3.63) is 65.2 Å². The van der Waals surface area contributed by atoms with Crippen molar-refractivity contribution in [2.45, 2.75) is 61.2 Å². The third-order valence-electron chi connectivity index (χ3n) is 8.26. The highest BCUT2D eigenvalue weighted by Gasteiger charge is 2.77. The maximum atomic E-state index is 14.1. The molecule has 1 spiro atoms. The molecule has 5 rings (SSSR count). The minimum atomic E-state index is -0.822. The van der Waals surface area contributed by atoms with Crippen molar-refractivity contribution in [2.24, 2.45) is 11.8 Å². The Balaban J connectivity index is 1.49. The van der Waals surface area contributed by atoms with Crippen molar-refractivity contribution in [3.8, 4) is 0 Å². The summed E-state index contributed by atoms with van der Waals surface area (Å²) in [6.07, 6.45) is 1.87. The van der Waals surface area contributed by atoms with Gasteiger partial charge in [0.2, 0.25) is 17.7 Å². The minimum Gasteiger partial charge on any atom is -0.394 e. The molecule has 3 fully saturated rings. The van der Waals surface area contributed by atoms with E-state index in [0.717, 1.165) is 12.0 Å². The average Bonchev–Trinajstić information content (AvgIpc) is 3.46. The number of amides is 3. The first-order valence-electron chi connectivity index (χ1n) is 12.8. The number of fused-ring (bicyclic) bond motifs is 1. The smallest absolute Gasteiger partial charge is 0.248 e. The van der Waals surface area contributed by atoms with Gasteiger partial charge in [0.1, 0.15) is 6.04 Å². The summed E-state index contributed by atoms with van der Waals surface area (Å²) in [4.78, 5) is 43.3. The molecule has 3 heterocycles. The van der Waals surface area contributed by atoms with Crippen molar-refractivity contribution in [1.82, 2.24) is 10.2 Å². The number of nitrogens with one attached hydrogen (secondary N) is 2. The van der Waals surface area contributed by atoms with Crippen LogP contribution in [0, 0.1) is 11.8 Å². The van der Waals surface area contributed by atoms with E-state index in [9.17, 15) is 19.5 Å². The number of carbonyl (C=O) groups is 3. The zero-order chi connectivity index (χ0) is 26.4. The van der Waals surface area contributed by atoms with E-state index in [-0.39, 0.29) is 24.3 Å². The summed E-state index contributed by atoms with van der Waals surface area (Å²) in [6.45, 7) is 4.05. The van der Waals surface area contributed by atoms with Crippen LogP contribution in [0.15, 0.2) is 54.6 Å². The zero-order valence-corrected chi connectivity index (χ0v) is 22.5. The van der Waals surface area contributed by atoms with E-state index in [1.807, 2.05) is 44.2 Å². The molecule has 0 saturated carbocycles. The molecule has 2 aromatic carbocycles. The number of rotatable bonds is 8. The van der Waals surface area contributed by atoms with Gasteiger partial charge in [-0.25, -0.2) is 0 Å². The number of para-hydroxylation sites is 1. The second kappa shape index (κ2) is 9.97. The monoisotopic (exact) mass is 541 g/mol. The van der Waals surface area contributed by atoms with Crippen LogP contribution in [0.1, 0.15) is 38.7 Å². The van der Waals surface area contributed by atoms with Gasteiger partial charge in [0.05, 0.1) is 39.9 Å². The zero-order valence-electron chi connectivity index (χ0n) is 20.9. The number of hydrogen-bond acceptors (Lipinski definition) is 5. The maximum absolute atomic E-state index is 14.1. The lowest BCUT2D eigenvalue weighted by Crippen LogP contribution is -2.54. The van der Waals surface area contributed by atoms with E-state index >= 15 is 0 Å². The van der Waals surface area contributed by atoms with E-state index in [2.05, 4.69) is 10.6 Å². The lowest BCUT2D eigenvalue weighted by atomic mass is 9.66. The van der Waals surface area contributed by atoms with Crippen molar-refractivity contribution in [3.63, 3.8) is 0 Å². The summed E-state index contributed by atoms with van der Waals surface area (Å²) in [5.41, 5.74) is 1.45. The lowest BCUT2D eigenvalue weighted by molar-refractivity contribution is -0.142. The number of hydrogen-bond donors (Lipinski definition) is 3. The molecular formula is C28H32ClN3O4S. The Kier molecular flexibility index (Phi) is 7.02. The molecule has 3 saturated heterocycles. The third kappa shape index (κ3) is 4.23. The Morgan fingerprint density at radius 1 is 1.14 bits per heavy atom. The fourth-order valence-electron chi connectivity index (χ4n) is 6.53. The number of anilines is 1. The summed E-state index contributed by atoms with van der Waals surface area (Å²) in [7, 11) is 0. The molecule has 3 aliphatic heterocycles. The standard InChI is InChI=1S/C28H32ClN3O4S/c1-3-18(16-33)32-23(25(35)31-20-12-8-7-11-19(20)29)28-14-13-27(2,37-28)21(22(28)26(32)36)24(34)30-15-17-9-5-4-6-10-17/h4-12,18,21-23,33H,3,13-16H2,1-2H3,(H,30,34)(H,31,35)/t18-,21-,22-,23?,27+,28?/m0/s1. The highest BCUT2D eigenvalue weighted by molar-refractivity contribution is 8.02. The van der Waals surface area contributed by atoms with Gasteiger partial charge in [0.25, 0.3) is 0 Å². The Morgan fingerprint density at radius 3 is 2.51 bits per heavy atom. The average molecular weight is 542 g/mol. The Bertz CT molecular complexity index is 1210. The van der Waals surface area contributed by atoms with Crippen molar-refractivity contribution in [1.29, 1.82) is 0 Å². The predicted molar refractivity (Wildman–Crippen MR) is 145 cm³/mol. The van der Waals surface area contributed by atoms with Gasteiger partial charge in [-0.2, -0.15) is 0 Å². The molecule has 3 aliphatic rings. The molecule has 3 amide bonds. The van der Waals surface area contributed by atoms with Gasteiger partial charge in [-0.05, 0) is 43.9 Å².